The number of nitrogens with zero attached hydrogens (tertiary/aromatic N) is 2. The van der Waals surface area contributed by atoms with Gasteiger partial charge in [-0.2, -0.15) is 0 Å². The maximum atomic E-state index is 4.88. The quantitative estimate of drug-likeness (QED) is 0.470. The molecule has 4 heteroatoms. The standard InChI is InChI=1S/2C7H4NO/c2*1-2-4-7-6(3-1)8-5-9-7/h2*1-4H. The van der Waals surface area contributed by atoms with Crippen molar-refractivity contribution in [2.24, 2.45) is 0 Å². The second kappa shape index (κ2) is 4.71. The van der Waals surface area contributed by atoms with Crippen LogP contribution in [0.1, 0.15) is 0 Å². The van der Waals surface area contributed by atoms with Crippen LogP contribution in [0.15, 0.2) is 57.4 Å². The van der Waals surface area contributed by atoms with Crippen LogP contribution in [0.25, 0.3) is 22.2 Å². The third-order valence-corrected chi connectivity index (χ3v) is 2.37. The molecule has 2 aromatic carbocycles. The van der Waals surface area contributed by atoms with Crippen molar-refractivity contribution >= 4 is 22.2 Å². The Morgan fingerprint density at radius 1 is 0.667 bits per heavy atom. The van der Waals surface area contributed by atoms with Gasteiger partial charge < -0.3 is 8.83 Å². The summed E-state index contributed by atoms with van der Waals surface area (Å²) in [7, 11) is 0. The van der Waals surface area contributed by atoms with Crippen LogP contribution < -0.4 is 0 Å². The topological polar surface area (TPSA) is 52.1 Å². The lowest BCUT2D eigenvalue weighted by Gasteiger charge is -1.79. The van der Waals surface area contributed by atoms with E-state index < -0.39 is 0 Å². The second-order valence-corrected chi connectivity index (χ2v) is 3.55. The Bertz CT molecular complexity index is 632. The van der Waals surface area contributed by atoms with Crippen LogP contribution in [0, 0.1) is 12.8 Å². The minimum atomic E-state index is 0.789. The zero-order chi connectivity index (χ0) is 12.2. The molecular weight excluding hydrogens is 228 g/mol. The van der Waals surface area contributed by atoms with Crippen molar-refractivity contribution in [1.82, 2.24) is 9.97 Å². The average molecular weight is 236 g/mol. The number of benzene rings is 2. The van der Waals surface area contributed by atoms with E-state index in [1.807, 2.05) is 48.5 Å². The van der Waals surface area contributed by atoms with Crippen LogP contribution in [0.5, 0.6) is 0 Å². The molecule has 0 fully saturated rings. The van der Waals surface area contributed by atoms with Crippen LogP contribution in [-0.2, 0) is 0 Å². The summed E-state index contributed by atoms with van der Waals surface area (Å²) in [5.41, 5.74) is 3.30. The molecule has 0 spiro atoms. The van der Waals surface area contributed by atoms with Crippen molar-refractivity contribution in [2.45, 2.75) is 0 Å². The highest BCUT2D eigenvalue weighted by Crippen LogP contribution is 2.09. The van der Waals surface area contributed by atoms with E-state index in [9.17, 15) is 0 Å². The Kier molecular flexibility index (Phi) is 2.75. The van der Waals surface area contributed by atoms with Crippen molar-refractivity contribution in [3.8, 4) is 0 Å². The molecule has 18 heavy (non-hydrogen) atoms. The van der Waals surface area contributed by atoms with E-state index in [4.69, 9.17) is 8.83 Å². The van der Waals surface area contributed by atoms with Gasteiger partial charge in [-0.3, -0.25) is 0 Å². The summed E-state index contributed by atoms with van der Waals surface area (Å²) < 4.78 is 9.76. The number of oxazole rings is 2. The summed E-state index contributed by atoms with van der Waals surface area (Å²) in [6, 6.07) is 15.1. The fraction of sp³-hybridized carbons (Fsp3) is 0. The number of para-hydroxylation sites is 4. The summed E-state index contributed by atoms with van der Waals surface area (Å²) in [5.74, 6) is 0. The Labute approximate surface area is 103 Å². The first-order valence-electron chi connectivity index (χ1n) is 5.37. The van der Waals surface area contributed by atoms with Crippen LogP contribution in [0.2, 0.25) is 0 Å². The Morgan fingerprint density at radius 3 is 1.56 bits per heavy atom. The fourth-order valence-electron chi connectivity index (χ4n) is 1.51. The molecule has 0 bridgehead atoms. The highest BCUT2D eigenvalue weighted by molar-refractivity contribution is 5.71. The van der Waals surface area contributed by atoms with Crippen molar-refractivity contribution in [2.75, 3.05) is 0 Å². The van der Waals surface area contributed by atoms with Gasteiger partial charge in [0.2, 0.25) is 0 Å². The van der Waals surface area contributed by atoms with Crippen LogP contribution >= 0.6 is 0 Å². The molecule has 2 radical (unpaired) electrons. The Hall–Kier alpha value is -2.62. The Morgan fingerprint density at radius 2 is 1.11 bits per heavy atom. The summed E-state index contributed by atoms with van der Waals surface area (Å²) >= 11 is 0. The predicted octanol–water partition coefficient (Wildman–Crippen LogP) is 3.26. The molecule has 0 atom stereocenters. The molecule has 0 aliphatic rings. The first-order chi connectivity index (χ1) is 8.93. The molecule has 4 rings (SSSR count). The van der Waals surface area contributed by atoms with Crippen LogP contribution in [0.3, 0.4) is 0 Å². The molecule has 0 aliphatic carbocycles. The lowest BCUT2D eigenvalue weighted by atomic mass is 10.3. The molecule has 0 amide bonds. The molecule has 2 aromatic heterocycles. The highest BCUT2D eigenvalue weighted by Gasteiger charge is 1.93. The van der Waals surface area contributed by atoms with Gasteiger partial charge in [-0.05, 0) is 24.3 Å². The first kappa shape index (κ1) is 10.5. The lowest BCUT2D eigenvalue weighted by Crippen LogP contribution is -1.61. The number of fused-ring (bicyclic) bond motifs is 2. The SMILES string of the molecule is [c]1nc2ccccc2o1.[c]1nc2ccccc2o1. The highest BCUT2D eigenvalue weighted by atomic mass is 16.3. The van der Waals surface area contributed by atoms with E-state index in [1.165, 1.54) is 0 Å². The minimum absolute atomic E-state index is 0.789. The van der Waals surface area contributed by atoms with Gasteiger partial charge >= 0.3 is 0 Å². The van der Waals surface area contributed by atoms with E-state index >= 15 is 0 Å². The zero-order valence-electron chi connectivity index (χ0n) is 9.33. The summed E-state index contributed by atoms with van der Waals surface area (Å²) in [5, 5.41) is 0. The van der Waals surface area contributed by atoms with Crippen molar-refractivity contribution in [3.05, 3.63) is 61.3 Å². The molecular formula is C14H8N2O2. The van der Waals surface area contributed by atoms with E-state index in [-0.39, 0.29) is 0 Å². The van der Waals surface area contributed by atoms with Crippen molar-refractivity contribution < 1.29 is 8.83 Å². The third kappa shape index (κ3) is 2.08. The zero-order valence-corrected chi connectivity index (χ0v) is 9.33. The van der Waals surface area contributed by atoms with Crippen LogP contribution in [0.4, 0.5) is 0 Å². The van der Waals surface area contributed by atoms with E-state index in [1.54, 1.807) is 0 Å². The van der Waals surface area contributed by atoms with Crippen molar-refractivity contribution in [3.63, 3.8) is 0 Å². The van der Waals surface area contributed by atoms with E-state index in [0.29, 0.717) is 0 Å². The largest absolute Gasteiger partial charge is 0.432 e. The second-order valence-electron chi connectivity index (χ2n) is 3.55. The van der Waals surface area contributed by atoms with Gasteiger partial charge in [-0.15, -0.1) is 0 Å². The third-order valence-electron chi connectivity index (χ3n) is 2.37. The van der Waals surface area contributed by atoms with Crippen molar-refractivity contribution in [1.29, 1.82) is 0 Å². The normalized spacial score (nSPS) is 10.2. The van der Waals surface area contributed by atoms with Gasteiger partial charge in [-0.25, -0.2) is 9.97 Å². The monoisotopic (exact) mass is 236 g/mol. The maximum absolute atomic E-state index is 4.88. The summed E-state index contributed by atoms with van der Waals surface area (Å²) in [4.78, 5) is 7.65. The van der Waals surface area contributed by atoms with Gasteiger partial charge in [0, 0.05) is 0 Å². The molecule has 4 aromatic rings. The number of hydrogen-bond donors (Lipinski definition) is 0. The van der Waals surface area contributed by atoms with Gasteiger partial charge in [-0.1, -0.05) is 24.3 Å². The van der Waals surface area contributed by atoms with Gasteiger partial charge in [0.15, 0.2) is 11.2 Å². The van der Waals surface area contributed by atoms with E-state index in [2.05, 4.69) is 22.8 Å². The molecule has 0 saturated heterocycles. The van der Waals surface area contributed by atoms with Gasteiger partial charge in [0.1, 0.15) is 11.0 Å². The fourth-order valence-corrected chi connectivity index (χ4v) is 1.51. The van der Waals surface area contributed by atoms with Gasteiger partial charge in [0.05, 0.1) is 0 Å². The number of hydrogen-bond acceptors (Lipinski definition) is 4. The smallest absolute Gasteiger partial charge is 0.284 e. The molecule has 0 saturated carbocycles. The summed E-state index contributed by atoms with van der Waals surface area (Å²) in [6.45, 7) is 0. The molecule has 0 N–H and O–H groups in total. The maximum Gasteiger partial charge on any atom is 0.284 e. The molecule has 4 nitrogen and oxygen atoms in total. The van der Waals surface area contributed by atoms with E-state index in [0.717, 1.165) is 22.2 Å². The first-order valence-corrected chi connectivity index (χ1v) is 5.37. The predicted molar refractivity (Wildman–Crippen MR) is 65.7 cm³/mol. The summed E-state index contributed by atoms with van der Waals surface area (Å²) in [6.07, 6.45) is 4.83. The van der Waals surface area contributed by atoms with Gasteiger partial charge in [0.25, 0.3) is 12.8 Å². The number of rotatable bonds is 0. The Balaban J connectivity index is 0.000000111. The number of aromatic nitrogens is 2. The average Bonchev–Trinajstić information content (AvgIpc) is 3.08. The molecule has 0 unspecified atom stereocenters. The minimum Gasteiger partial charge on any atom is -0.432 e. The molecule has 2 heterocycles. The lowest BCUT2D eigenvalue weighted by molar-refractivity contribution is 0.591. The molecule has 0 aliphatic heterocycles. The molecule has 86 valence electrons. The van der Waals surface area contributed by atoms with Crippen LogP contribution in [-0.4, -0.2) is 9.97 Å².